The molecular formula is C8H13F3N2O3. The van der Waals surface area contributed by atoms with Crippen LogP contribution >= 0.6 is 0 Å². The maximum Gasteiger partial charge on any atom is 0.471 e. The zero-order valence-corrected chi connectivity index (χ0v) is 8.85. The number of alkyl halides is 3. The maximum atomic E-state index is 11.8. The van der Waals surface area contributed by atoms with Gasteiger partial charge in [-0.2, -0.15) is 13.2 Å². The standard InChI is InChI=1S/C8H13F3N2O3/c1-5(6(14)12-3-4-16-2)13-7(15)8(9,10)11/h5H,3-4H2,1-2H3,(H,12,14)(H,13,15). The second-order valence-electron chi connectivity index (χ2n) is 2.98. The molecule has 0 aromatic carbocycles. The molecule has 0 saturated heterocycles. The molecule has 0 aromatic heterocycles. The molecule has 8 heteroatoms. The molecule has 0 heterocycles. The summed E-state index contributed by atoms with van der Waals surface area (Å²) in [6.07, 6.45) is -4.99. The van der Waals surface area contributed by atoms with Crippen LogP contribution in [0.1, 0.15) is 6.92 Å². The Morgan fingerprint density at radius 2 is 1.94 bits per heavy atom. The van der Waals surface area contributed by atoms with Crippen molar-refractivity contribution >= 4 is 11.8 Å². The fraction of sp³-hybridized carbons (Fsp3) is 0.750. The van der Waals surface area contributed by atoms with E-state index in [4.69, 9.17) is 0 Å². The summed E-state index contributed by atoms with van der Waals surface area (Å²) in [4.78, 5) is 21.6. The molecule has 5 nitrogen and oxygen atoms in total. The highest BCUT2D eigenvalue weighted by Gasteiger charge is 2.39. The molecule has 0 aromatic rings. The first-order valence-corrected chi connectivity index (χ1v) is 4.43. The van der Waals surface area contributed by atoms with E-state index < -0.39 is 24.0 Å². The van der Waals surface area contributed by atoms with Crippen molar-refractivity contribution in [3.8, 4) is 0 Å². The molecule has 0 aliphatic heterocycles. The van der Waals surface area contributed by atoms with E-state index in [0.717, 1.165) is 6.92 Å². The van der Waals surface area contributed by atoms with Crippen molar-refractivity contribution in [2.75, 3.05) is 20.3 Å². The van der Waals surface area contributed by atoms with Crippen LogP contribution in [-0.4, -0.2) is 44.3 Å². The lowest BCUT2D eigenvalue weighted by atomic mass is 10.3. The van der Waals surface area contributed by atoms with E-state index in [1.54, 1.807) is 0 Å². The minimum atomic E-state index is -4.99. The van der Waals surface area contributed by atoms with Crippen LogP contribution in [0.3, 0.4) is 0 Å². The normalized spacial score (nSPS) is 13.1. The van der Waals surface area contributed by atoms with Gasteiger partial charge in [0.1, 0.15) is 6.04 Å². The summed E-state index contributed by atoms with van der Waals surface area (Å²) >= 11 is 0. The lowest BCUT2D eigenvalue weighted by Gasteiger charge is -2.14. The van der Waals surface area contributed by atoms with Gasteiger partial charge < -0.3 is 15.4 Å². The van der Waals surface area contributed by atoms with Crippen molar-refractivity contribution in [2.24, 2.45) is 0 Å². The second-order valence-corrected chi connectivity index (χ2v) is 2.98. The van der Waals surface area contributed by atoms with Gasteiger partial charge in [0, 0.05) is 13.7 Å². The fourth-order valence-corrected chi connectivity index (χ4v) is 0.773. The zero-order chi connectivity index (χ0) is 12.8. The van der Waals surface area contributed by atoms with Crippen LogP contribution in [0.15, 0.2) is 0 Å². The summed E-state index contributed by atoms with van der Waals surface area (Å²) in [6.45, 7) is 1.57. The van der Waals surface area contributed by atoms with E-state index in [1.165, 1.54) is 12.4 Å². The molecule has 1 unspecified atom stereocenters. The van der Waals surface area contributed by atoms with Crippen molar-refractivity contribution in [3.05, 3.63) is 0 Å². The molecule has 0 radical (unpaired) electrons. The smallest absolute Gasteiger partial charge is 0.383 e. The molecule has 0 saturated carbocycles. The van der Waals surface area contributed by atoms with E-state index in [1.807, 2.05) is 0 Å². The Hall–Kier alpha value is -1.31. The van der Waals surface area contributed by atoms with Crippen LogP contribution in [0.4, 0.5) is 13.2 Å². The zero-order valence-electron chi connectivity index (χ0n) is 8.85. The minimum absolute atomic E-state index is 0.168. The number of hydrogen-bond acceptors (Lipinski definition) is 3. The van der Waals surface area contributed by atoms with Gasteiger partial charge in [-0.3, -0.25) is 9.59 Å². The molecule has 94 valence electrons. The summed E-state index contributed by atoms with van der Waals surface area (Å²) in [6, 6.07) is -1.24. The third kappa shape index (κ3) is 5.54. The monoisotopic (exact) mass is 242 g/mol. The highest BCUT2D eigenvalue weighted by molar-refractivity contribution is 5.89. The first-order chi connectivity index (χ1) is 7.29. The summed E-state index contributed by atoms with van der Waals surface area (Å²) in [5.74, 6) is -2.84. The number of carbonyl (C=O) groups is 2. The molecule has 1 atom stereocenters. The van der Waals surface area contributed by atoms with E-state index in [9.17, 15) is 22.8 Å². The predicted molar refractivity (Wildman–Crippen MR) is 48.5 cm³/mol. The first kappa shape index (κ1) is 14.7. The van der Waals surface area contributed by atoms with Gasteiger partial charge in [0.25, 0.3) is 0 Å². The topological polar surface area (TPSA) is 67.4 Å². The van der Waals surface area contributed by atoms with Gasteiger partial charge in [-0.15, -0.1) is 0 Å². The van der Waals surface area contributed by atoms with Crippen molar-refractivity contribution in [1.82, 2.24) is 10.6 Å². The quantitative estimate of drug-likeness (QED) is 0.657. The highest BCUT2D eigenvalue weighted by atomic mass is 19.4. The maximum absolute atomic E-state index is 11.8. The lowest BCUT2D eigenvalue weighted by molar-refractivity contribution is -0.174. The molecule has 0 fully saturated rings. The molecule has 0 bridgehead atoms. The molecule has 0 rings (SSSR count). The number of amides is 2. The van der Waals surface area contributed by atoms with Gasteiger partial charge in [-0.25, -0.2) is 0 Å². The predicted octanol–water partition coefficient (Wildman–Crippen LogP) is -0.184. The number of rotatable bonds is 5. The molecule has 2 N–H and O–H groups in total. The van der Waals surface area contributed by atoms with Gasteiger partial charge >= 0.3 is 12.1 Å². The first-order valence-electron chi connectivity index (χ1n) is 4.43. The molecule has 2 amide bonds. The Morgan fingerprint density at radius 1 is 1.38 bits per heavy atom. The van der Waals surface area contributed by atoms with Crippen molar-refractivity contribution in [2.45, 2.75) is 19.1 Å². The van der Waals surface area contributed by atoms with Crippen molar-refractivity contribution in [3.63, 3.8) is 0 Å². The summed E-state index contributed by atoms with van der Waals surface area (Å²) < 4.78 is 40.1. The van der Waals surface area contributed by atoms with E-state index >= 15 is 0 Å². The Bertz CT molecular complexity index is 255. The Morgan fingerprint density at radius 3 is 2.38 bits per heavy atom. The third-order valence-electron chi connectivity index (χ3n) is 1.60. The molecular weight excluding hydrogens is 229 g/mol. The van der Waals surface area contributed by atoms with Crippen LogP contribution in [0.2, 0.25) is 0 Å². The average molecular weight is 242 g/mol. The van der Waals surface area contributed by atoms with E-state index in [2.05, 4.69) is 10.1 Å². The molecule has 0 aliphatic rings. The fourth-order valence-electron chi connectivity index (χ4n) is 0.773. The molecule has 0 spiro atoms. The Balaban J connectivity index is 4.01. The Labute approximate surface area is 90.3 Å². The van der Waals surface area contributed by atoms with Crippen LogP contribution < -0.4 is 10.6 Å². The number of methoxy groups -OCH3 is 1. The number of hydrogen-bond donors (Lipinski definition) is 2. The summed E-state index contributed by atoms with van der Waals surface area (Å²) in [5.41, 5.74) is 0. The van der Waals surface area contributed by atoms with Crippen molar-refractivity contribution < 1.29 is 27.5 Å². The SMILES string of the molecule is COCCNC(=O)C(C)NC(=O)C(F)(F)F. The van der Waals surface area contributed by atoms with E-state index in [0.29, 0.717) is 0 Å². The summed E-state index contributed by atoms with van der Waals surface area (Å²) in [7, 11) is 1.42. The number of nitrogens with one attached hydrogen (secondary N) is 2. The number of halogens is 3. The van der Waals surface area contributed by atoms with Gasteiger partial charge in [-0.05, 0) is 6.92 Å². The van der Waals surface area contributed by atoms with Gasteiger partial charge in [0.15, 0.2) is 0 Å². The Kier molecular flexibility index (Phi) is 5.79. The average Bonchev–Trinajstić information content (AvgIpc) is 2.16. The number of ether oxygens (including phenoxy) is 1. The second kappa shape index (κ2) is 6.31. The van der Waals surface area contributed by atoms with Gasteiger partial charge in [0.2, 0.25) is 5.91 Å². The van der Waals surface area contributed by atoms with Gasteiger partial charge in [0.05, 0.1) is 6.61 Å². The van der Waals surface area contributed by atoms with Crippen LogP contribution in [0, 0.1) is 0 Å². The number of carbonyl (C=O) groups excluding carboxylic acids is 2. The lowest BCUT2D eigenvalue weighted by Crippen LogP contribution is -2.49. The largest absolute Gasteiger partial charge is 0.471 e. The minimum Gasteiger partial charge on any atom is -0.383 e. The highest BCUT2D eigenvalue weighted by Crippen LogP contribution is 2.14. The van der Waals surface area contributed by atoms with E-state index in [-0.39, 0.29) is 13.2 Å². The van der Waals surface area contributed by atoms with Crippen LogP contribution in [-0.2, 0) is 14.3 Å². The van der Waals surface area contributed by atoms with Gasteiger partial charge in [-0.1, -0.05) is 0 Å². The van der Waals surface area contributed by atoms with Crippen LogP contribution in [0.25, 0.3) is 0 Å². The summed E-state index contributed by atoms with van der Waals surface area (Å²) in [5, 5.41) is 3.82. The van der Waals surface area contributed by atoms with Crippen LogP contribution in [0.5, 0.6) is 0 Å². The molecule has 0 aliphatic carbocycles. The third-order valence-corrected chi connectivity index (χ3v) is 1.60. The van der Waals surface area contributed by atoms with Crippen molar-refractivity contribution in [1.29, 1.82) is 0 Å². The molecule has 16 heavy (non-hydrogen) atoms.